The standard InChI is InChI=1S/C20H12F3N7/c21-20(22,23)19-29-16-10-25-9-15(17(16)30-19)28-18-12-2-1-5-26-14(12)8-13(27-18)11-3-6-24-7-4-11/h1-10H,(H,27,28)(H,29,30). The Kier molecular flexibility index (Phi) is 4.05. The van der Waals surface area contributed by atoms with Crippen molar-refractivity contribution in [1.82, 2.24) is 29.9 Å². The summed E-state index contributed by atoms with van der Waals surface area (Å²) in [6, 6.07) is 9.05. The molecule has 30 heavy (non-hydrogen) atoms. The molecule has 0 radical (unpaired) electrons. The third-order valence-electron chi connectivity index (χ3n) is 4.49. The average Bonchev–Trinajstić information content (AvgIpc) is 3.20. The molecule has 0 saturated carbocycles. The molecule has 7 nitrogen and oxygen atoms in total. The van der Waals surface area contributed by atoms with Gasteiger partial charge in [0, 0.05) is 29.5 Å². The van der Waals surface area contributed by atoms with Crippen LogP contribution < -0.4 is 5.32 Å². The minimum atomic E-state index is -4.59. The summed E-state index contributed by atoms with van der Waals surface area (Å²) >= 11 is 0. The molecule has 0 fully saturated rings. The molecule has 0 atom stereocenters. The topological polar surface area (TPSA) is 92.3 Å². The molecule has 0 aliphatic heterocycles. The summed E-state index contributed by atoms with van der Waals surface area (Å²) in [5, 5.41) is 3.79. The normalized spacial score (nSPS) is 11.8. The molecule has 0 aliphatic carbocycles. The van der Waals surface area contributed by atoms with E-state index in [1.165, 1.54) is 12.4 Å². The van der Waals surface area contributed by atoms with Crippen molar-refractivity contribution in [1.29, 1.82) is 0 Å². The first kappa shape index (κ1) is 18.0. The van der Waals surface area contributed by atoms with Crippen LogP contribution >= 0.6 is 0 Å². The van der Waals surface area contributed by atoms with Gasteiger partial charge < -0.3 is 10.3 Å². The first-order chi connectivity index (χ1) is 14.5. The summed E-state index contributed by atoms with van der Waals surface area (Å²) in [7, 11) is 0. The number of nitrogens with one attached hydrogen (secondary N) is 2. The van der Waals surface area contributed by atoms with E-state index in [4.69, 9.17) is 0 Å². The molecule has 0 bridgehead atoms. The maximum atomic E-state index is 13.1. The molecule has 5 aromatic heterocycles. The highest BCUT2D eigenvalue weighted by Crippen LogP contribution is 2.33. The van der Waals surface area contributed by atoms with Crippen LogP contribution in [-0.4, -0.2) is 29.9 Å². The minimum Gasteiger partial charge on any atom is -0.337 e. The summed E-state index contributed by atoms with van der Waals surface area (Å²) in [6.07, 6.45) is 3.08. The van der Waals surface area contributed by atoms with Gasteiger partial charge in [-0.15, -0.1) is 0 Å². The lowest BCUT2D eigenvalue weighted by Crippen LogP contribution is -2.07. The molecule has 2 N–H and O–H groups in total. The number of H-pyrrole nitrogens is 1. The molecular formula is C20H12F3N7. The fourth-order valence-corrected chi connectivity index (χ4v) is 3.13. The maximum absolute atomic E-state index is 13.1. The second-order valence-electron chi connectivity index (χ2n) is 6.45. The molecule has 10 heteroatoms. The average molecular weight is 407 g/mol. The van der Waals surface area contributed by atoms with Crippen LogP contribution in [0.3, 0.4) is 0 Å². The number of rotatable bonds is 3. The summed E-state index contributed by atoms with van der Waals surface area (Å²) in [5.74, 6) is -0.656. The molecular weight excluding hydrogens is 395 g/mol. The van der Waals surface area contributed by atoms with Crippen LogP contribution in [0.15, 0.2) is 61.3 Å². The zero-order chi connectivity index (χ0) is 20.7. The van der Waals surface area contributed by atoms with Gasteiger partial charge in [0.25, 0.3) is 0 Å². The number of halogens is 3. The van der Waals surface area contributed by atoms with Gasteiger partial charge in [0.1, 0.15) is 11.3 Å². The number of hydrogen-bond donors (Lipinski definition) is 2. The van der Waals surface area contributed by atoms with Gasteiger partial charge in [-0.2, -0.15) is 13.2 Å². The first-order valence-electron chi connectivity index (χ1n) is 8.83. The number of nitrogens with zero attached hydrogens (tertiary/aromatic N) is 5. The maximum Gasteiger partial charge on any atom is 0.449 e. The van der Waals surface area contributed by atoms with Crippen LogP contribution in [0.5, 0.6) is 0 Å². The highest BCUT2D eigenvalue weighted by Gasteiger charge is 2.35. The van der Waals surface area contributed by atoms with Crippen LogP contribution in [0.4, 0.5) is 24.7 Å². The van der Waals surface area contributed by atoms with E-state index in [2.05, 4.69) is 35.2 Å². The Hall–Kier alpha value is -4.08. The summed E-state index contributed by atoms with van der Waals surface area (Å²) in [6.45, 7) is 0. The van der Waals surface area contributed by atoms with Crippen LogP contribution in [0.2, 0.25) is 0 Å². The molecule has 0 aromatic carbocycles. The van der Waals surface area contributed by atoms with E-state index >= 15 is 0 Å². The number of aromatic nitrogens is 6. The van der Waals surface area contributed by atoms with E-state index in [0.717, 1.165) is 5.56 Å². The molecule has 0 unspecified atom stereocenters. The quantitative estimate of drug-likeness (QED) is 0.449. The van der Waals surface area contributed by atoms with Crippen molar-refractivity contribution in [2.45, 2.75) is 6.18 Å². The molecule has 0 spiro atoms. The van der Waals surface area contributed by atoms with Gasteiger partial charge in [0.15, 0.2) is 0 Å². The van der Waals surface area contributed by atoms with E-state index in [1.807, 2.05) is 24.3 Å². The third-order valence-corrected chi connectivity index (χ3v) is 4.49. The summed E-state index contributed by atoms with van der Waals surface area (Å²) < 4.78 is 39.2. The largest absolute Gasteiger partial charge is 0.449 e. The smallest absolute Gasteiger partial charge is 0.337 e. The van der Waals surface area contributed by atoms with Gasteiger partial charge in [-0.05, 0) is 30.3 Å². The lowest BCUT2D eigenvalue weighted by molar-refractivity contribution is -0.144. The molecule has 148 valence electrons. The number of anilines is 2. The zero-order valence-electron chi connectivity index (χ0n) is 15.1. The number of aromatic amines is 1. The van der Waals surface area contributed by atoms with Gasteiger partial charge in [-0.25, -0.2) is 9.97 Å². The first-order valence-corrected chi connectivity index (χ1v) is 8.83. The number of hydrogen-bond acceptors (Lipinski definition) is 6. The molecule has 5 aromatic rings. The van der Waals surface area contributed by atoms with Crippen molar-refractivity contribution in [3.05, 3.63) is 67.1 Å². The SMILES string of the molecule is FC(F)(F)c1nc2c(Nc3nc(-c4ccncc4)cc4ncccc34)cncc2[nH]1. The Morgan fingerprint density at radius 2 is 1.77 bits per heavy atom. The van der Waals surface area contributed by atoms with Crippen molar-refractivity contribution in [2.75, 3.05) is 5.32 Å². The van der Waals surface area contributed by atoms with Crippen molar-refractivity contribution in [3.8, 4) is 11.3 Å². The van der Waals surface area contributed by atoms with Crippen molar-refractivity contribution in [3.63, 3.8) is 0 Å². The summed E-state index contributed by atoms with van der Waals surface area (Å²) in [5.41, 5.74) is 2.73. The highest BCUT2D eigenvalue weighted by molar-refractivity contribution is 5.97. The lowest BCUT2D eigenvalue weighted by atomic mass is 10.1. The molecule has 5 rings (SSSR count). The Labute approximate surface area is 167 Å². The number of pyridine rings is 4. The molecule has 5 heterocycles. The van der Waals surface area contributed by atoms with Crippen LogP contribution in [0.1, 0.15) is 5.82 Å². The van der Waals surface area contributed by atoms with Gasteiger partial charge in [0.2, 0.25) is 5.82 Å². The zero-order valence-corrected chi connectivity index (χ0v) is 15.1. The van der Waals surface area contributed by atoms with Gasteiger partial charge in [0.05, 0.1) is 34.8 Å². The Morgan fingerprint density at radius 3 is 2.57 bits per heavy atom. The molecule has 0 saturated heterocycles. The Morgan fingerprint density at radius 1 is 0.933 bits per heavy atom. The predicted octanol–water partition coefficient (Wildman–Crippen LogP) is 4.73. The molecule has 0 aliphatic rings. The second kappa shape index (κ2) is 6.76. The fourth-order valence-electron chi connectivity index (χ4n) is 3.13. The molecule has 0 amide bonds. The second-order valence-corrected chi connectivity index (χ2v) is 6.45. The fraction of sp³-hybridized carbons (Fsp3) is 0.0500. The van der Waals surface area contributed by atoms with Gasteiger partial charge >= 0.3 is 6.18 Å². The van der Waals surface area contributed by atoms with Crippen molar-refractivity contribution < 1.29 is 13.2 Å². The van der Waals surface area contributed by atoms with Crippen LogP contribution in [-0.2, 0) is 6.18 Å². The van der Waals surface area contributed by atoms with Crippen molar-refractivity contribution >= 4 is 33.4 Å². The van der Waals surface area contributed by atoms with Gasteiger partial charge in [-0.3, -0.25) is 15.0 Å². The van der Waals surface area contributed by atoms with Crippen LogP contribution in [0.25, 0.3) is 33.2 Å². The number of fused-ring (bicyclic) bond motifs is 2. The highest BCUT2D eigenvalue weighted by atomic mass is 19.4. The lowest BCUT2D eigenvalue weighted by Gasteiger charge is -2.11. The van der Waals surface area contributed by atoms with Gasteiger partial charge in [-0.1, -0.05) is 0 Å². The van der Waals surface area contributed by atoms with E-state index in [0.29, 0.717) is 28.1 Å². The van der Waals surface area contributed by atoms with E-state index in [9.17, 15) is 13.2 Å². The van der Waals surface area contributed by atoms with Crippen LogP contribution in [0, 0.1) is 0 Å². The minimum absolute atomic E-state index is 0.116. The Bertz CT molecular complexity index is 1360. The number of imidazole rings is 1. The van der Waals surface area contributed by atoms with E-state index in [-0.39, 0.29) is 11.0 Å². The monoisotopic (exact) mass is 407 g/mol. The van der Waals surface area contributed by atoms with E-state index < -0.39 is 12.0 Å². The number of alkyl halides is 3. The predicted molar refractivity (Wildman–Crippen MR) is 105 cm³/mol. The third kappa shape index (κ3) is 3.17. The summed E-state index contributed by atoms with van der Waals surface area (Å²) in [4.78, 5) is 23.0. The van der Waals surface area contributed by atoms with E-state index in [1.54, 1.807) is 24.7 Å². The van der Waals surface area contributed by atoms with Crippen molar-refractivity contribution in [2.24, 2.45) is 0 Å². The Balaban J connectivity index is 1.66.